The van der Waals surface area contributed by atoms with E-state index in [1.807, 2.05) is 18.3 Å². The largest absolute Gasteiger partial charge is 0.451 e. The highest BCUT2D eigenvalue weighted by atomic mass is 32.1. The fourth-order valence-electron chi connectivity index (χ4n) is 2.34. The Labute approximate surface area is 157 Å². The number of amides is 1. The van der Waals surface area contributed by atoms with Crippen LogP contribution in [0.5, 0.6) is 0 Å². The molecule has 8 heteroatoms. The molecule has 0 atom stereocenters. The van der Waals surface area contributed by atoms with Crippen molar-refractivity contribution in [2.45, 2.75) is 38.9 Å². The van der Waals surface area contributed by atoms with Crippen molar-refractivity contribution in [2.75, 3.05) is 5.32 Å². The van der Waals surface area contributed by atoms with Crippen LogP contribution in [-0.4, -0.2) is 28.9 Å². The van der Waals surface area contributed by atoms with Gasteiger partial charge in [-0.3, -0.25) is 9.78 Å². The summed E-state index contributed by atoms with van der Waals surface area (Å²) in [6.07, 6.45) is 8.86. The zero-order valence-corrected chi connectivity index (χ0v) is 17.0. The first kappa shape index (κ1) is 18.5. The van der Waals surface area contributed by atoms with Gasteiger partial charge in [-0.15, -0.1) is 11.3 Å². The number of hydrogen-bond acceptors (Lipinski definition) is 6. The first-order valence-corrected chi connectivity index (χ1v) is 12.8. The van der Waals surface area contributed by atoms with Crippen LogP contribution in [0.25, 0.3) is 0 Å². The third-order valence-corrected chi connectivity index (χ3v) is 6.45. The summed E-state index contributed by atoms with van der Waals surface area (Å²) >= 11 is 1.48. The second-order valence-electron chi connectivity index (χ2n) is 7.09. The highest BCUT2D eigenvalue weighted by Crippen LogP contribution is 2.20. The van der Waals surface area contributed by atoms with Gasteiger partial charge >= 0.3 is 0 Å². The number of carbonyl (C=O) groups is 1. The fraction of sp³-hybridized carbons (Fsp3) is 0.333. The van der Waals surface area contributed by atoms with Crippen molar-refractivity contribution < 1.29 is 9.21 Å². The average Bonchev–Trinajstić information content (AvgIpc) is 3.22. The van der Waals surface area contributed by atoms with E-state index in [1.54, 1.807) is 18.6 Å². The lowest BCUT2D eigenvalue weighted by Gasteiger charge is -2.09. The molecule has 0 aliphatic carbocycles. The number of aromatic nitrogens is 3. The van der Waals surface area contributed by atoms with Gasteiger partial charge in [-0.1, -0.05) is 25.7 Å². The Bertz CT molecular complexity index is 871. The minimum atomic E-state index is -1.46. The summed E-state index contributed by atoms with van der Waals surface area (Å²) in [5, 5.41) is 4.48. The number of hydrogen-bond donors (Lipinski definition) is 1. The number of rotatable bonds is 7. The van der Waals surface area contributed by atoms with Crippen LogP contribution in [0.4, 0.5) is 5.13 Å². The first-order chi connectivity index (χ1) is 12.4. The van der Waals surface area contributed by atoms with E-state index >= 15 is 0 Å². The van der Waals surface area contributed by atoms with E-state index < -0.39 is 8.07 Å². The number of anilines is 1. The summed E-state index contributed by atoms with van der Waals surface area (Å²) in [5.41, 5.74) is 0.879. The van der Waals surface area contributed by atoms with Crippen LogP contribution in [0.3, 0.4) is 0 Å². The zero-order valence-electron chi connectivity index (χ0n) is 15.2. The van der Waals surface area contributed by atoms with E-state index in [1.165, 1.54) is 11.3 Å². The molecule has 0 saturated carbocycles. The normalized spacial score (nSPS) is 11.5. The lowest BCUT2D eigenvalue weighted by molar-refractivity contribution is -0.115. The summed E-state index contributed by atoms with van der Waals surface area (Å²) in [7, 11) is -1.46. The predicted octanol–water partition coefficient (Wildman–Crippen LogP) is 3.04. The highest BCUT2D eigenvalue weighted by Gasteiger charge is 2.21. The molecule has 0 aliphatic heterocycles. The molecule has 3 aromatic rings. The molecule has 136 valence electrons. The van der Waals surface area contributed by atoms with Crippen molar-refractivity contribution >= 4 is 35.8 Å². The molecule has 1 N–H and O–H groups in total. The lowest BCUT2D eigenvalue weighted by Crippen LogP contribution is -2.36. The Morgan fingerprint density at radius 2 is 2.04 bits per heavy atom. The minimum Gasteiger partial charge on any atom is -0.451 e. The molecule has 1 amide bonds. The number of thiazole rings is 1. The van der Waals surface area contributed by atoms with Gasteiger partial charge in [0.2, 0.25) is 5.91 Å². The maximum absolute atomic E-state index is 12.1. The maximum Gasteiger partial charge on any atom is 0.230 e. The Balaban J connectivity index is 1.51. The molecule has 0 aromatic carbocycles. The number of nitrogens with one attached hydrogen (secondary N) is 1. The van der Waals surface area contributed by atoms with Gasteiger partial charge in [-0.25, -0.2) is 9.97 Å². The maximum atomic E-state index is 12.1. The van der Waals surface area contributed by atoms with Crippen LogP contribution in [0.2, 0.25) is 19.6 Å². The van der Waals surface area contributed by atoms with Crippen molar-refractivity contribution in [1.82, 2.24) is 15.0 Å². The fourth-order valence-corrected chi connectivity index (χ4v) is 4.04. The monoisotopic (exact) mass is 386 g/mol. The van der Waals surface area contributed by atoms with Crippen LogP contribution in [0.1, 0.15) is 16.3 Å². The molecular weight excluding hydrogens is 364 g/mol. The van der Waals surface area contributed by atoms with Crippen molar-refractivity contribution in [3.63, 3.8) is 0 Å². The van der Waals surface area contributed by atoms with Gasteiger partial charge in [0.25, 0.3) is 0 Å². The van der Waals surface area contributed by atoms with E-state index in [-0.39, 0.29) is 5.91 Å². The zero-order chi connectivity index (χ0) is 18.6. The van der Waals surface area contributed by atoms with Crippen LogP contribution in [-0.2, 0) is 24.1 Å². The van der Waals surface area contributed by atoms with Crippen molar-refractivity contribution in [3.05, 3.63) is 53.3 Å². The third kappa shape index (κ3) is 5.09. The average molecular weight is 387 g/mol. The van der Waals surface area contributed by atoms with Gasteiger partial charge in [0, 0.05) is 29.9 Å². The molecule has 26 heavy (non-hydrogen) atoms. The molecule has 6 nitrogen and oxygen atoms in total. The van der Waals surface area contributed by atoms with E-state index in [9.17, 15) is 4.79 Å². The topological polar surface area (TPSA) is 80.9 Å². The third-order valence-electron chi connectivity index (χ3n) is 3.77. The number of aryl methyl sites for hydroxylation is 2. The van der Waals surface area contributed by atoms with Crippen LogP contribution in [0.15, 0.2) is 41.3 Å². The van der Waals surface area contributed by atoms with E-state index in [2.05, 4.69) is 39.9 Å². The van der Waals surface area contributed by atoms with Gasteiger partial charge in [0.1, 0.15) is 13.5 Å². The number of nitrogens with zero attached hydrogens (tertiary/aromatic N) is 3. The SMILES string of the molecule is C[Si](C)(C)c1cnc(CCc2cnc(NC(=O)Cc3cccnc3)s2)o1. The van der Waals surface area contributed by atoms with Crippen molar-refractivity contribution in [2.24, 2.45) is 0 Å². The molecule has 3 heterocycles. The summed E-state index contributed by atoms with van der Waals surface area (Å²) in [5.74, 6) is 0.671. The van der Waals surface area contributed by atoms with Crippen molar-refractivity contribution in [3.8, 4) is 0 Å². The van der Waals surface area contributed by atoms with E-state index in [0.717, 1.165) is 34.6 Å². The second-order valence-corrected chi connectivity index (χ2v) is 13.2. The van der Waals surface area contributed by atoms with Gasteiger partial charge in [-0.05, 0) is 18.1 Å². The molecule has 3 rings (SSSR count). The van der Waals surface area contributed by atoms with Crippen LogP contribution in [0, 0.1) is 0 Å². The summed E-state index contributed by atoms with van der Waals surface area (Å²) < 4.78 is 5.87. The molecule has 0 aliphatic rings. The molecule has 3 aromatic heterocycles. The van der Waals surface area contributed by atoms with Crippen LogP contribution >= 0.6 is 11.3 Å². The molecule has 0 fully saturated rings. The Morgan fingerprint density at radius 1 is 1.19 bits per heavy atom. The Hall–Kier alpha value is -2.32. The lowest BCUT2D eigenvalue weighted by atomic mass is 10.2. The second kappa shape index (κ2) is 7.92. The molecule has 0 spiro atoms. The smallest absolute Gasteiger partial charge is 0.230 e. The molecular formula is C18H22N4O2SSi. The number of pyridine rings is 1. The summed E-state index contributed by atoms with van der Waals surface area (Å²) in [6, 6.07) is 3.70. The van der Waals surface area contributed by atoms with Gasteiger partial charge in [-0.2, -0.15) is 0 Å². The minimum absolute atomic E-state index is 0.0913. The predicted molar refractivity (Wildman–Crippen MR) is 106 cm³/mol. The van der Waals surface area contributed by atoms with Gasteiger partial charge in [0.15, 0.2) is 11.0 Å². The summed E-state index contributed by atoms with van der Waals surface area (Å²) in [6.45, 7) is 6.71. The standard InChI is InChI=1S/C18H22N4O2SSi/c1-26(2,3)17-12-20-16(24-17)7-6-14-11-21-18(25-14)22-15(23)9-13-5-4-8-19-10-13/h4-5,8,10-12H,6-7,9H2,1-3H3,(H,21,22,23). The highest BCUT2D eigenvalue weighted by molar-refractivity contribution is 7.15. The van der Waals surface area contributed by atoms with E-state index in [0.29, 0.717) is 11.6 Å². The summed E-state index contributed by atoms with van der Waals surface area (Å²) in [4.78, 5) is 25.8. The number of carbonyl (C=O) groups excluding carboxylic acids is 1. The Morgan fingerprint density at radius 3 is 2.73 bits per heavy atom. The molecule has 0 radical (unpaired) electrons. The van der Waals surface area contributed by atoms with Gasteiger partial charge < -0.3 is 9.73 Å². The quantitative estimate of drug-likeness (QED) is 0.631. The van der Waals surface area contributed by atoms with Crippen molar-refractivity contribution in [1.29, 1.82) is 0 Å². The first-order valence-electron chi connectivity index (χ1n) is 8.49. The van der Waals surface area contributed by atoms with Crippen LogP contribution < -0.4 is 10.7 Å². The van der Waals surface area contributed by atoms with Gasteiger partial charge in [0.05, 0.1) is 12.6 Å². The molecule has 0 saturated heterocycles. The van der Waals surface area contributed by atoms with E-state index in [4.69, 9.17) is 4.42 Å². The number of oxazole rings is 1. The Kier molecular flexibility index (Phi) is 5.63. The molecule has 0 unspecified atom stereocenters. The molecule has 0 bridgehead atoms.